The lowest BCUT2D eigenvalue weighted by atomic mass is 10.2. The largest absolute Gasteiger partial charge is 0.492 e. The second kappa shape index (κ2) is 9.52. The maximum absolute atomic E-state index is 12.3. The van der Waals surface area contributed by atoms with E-state index in [1.54, 1.807) is 22.9 Å². The zero-order valence-corrected chi connectivity index (χ0v) is 14.9. The number of para-hydroxylation sites is 1. The van der Waals surface area contributed by atoms with Gasteiger partial charge < -0.3 is 14.5 Å². The van der Waals surface area contributed by atoms with E-state index in [0.29, 0.717) is 43.3 Å². The molecular formula is C18H25ClN2O3. The maximum atomic E-state index is 12.3. The highest BCUT2D eigenvalue weighted by atomic mass is 35.5. The van der Waals surface area contributed by atoms with Crippen LogP contribution in [-0.4, -0.2) is 54.9 Å². The number of benzene rings is 1. The second-order valence-electron chi connectivity index (χ2n) is 6.07. The van der Waals surface area contributed by atoms with Crippen LogP contribution >= 0.6 is 11.6 Å². The van der Waals surface area contributed by atoms with Gasteiger partial charge in [0.05, 0.1) is 18.2 Å². The molecule has 1 aromatic carbocycles. The Morgan fingerprint density at radius 3 is 2.88 bits per heavy atom. The van der Waals surface area contributed by atoms with E-state index in [4.69, 9.17) is 16.3 Å². The number of carbonyl (C=O) groups excluding carboxylic acids is 2. The minimum atomic E-state index is -0.0250. The molecule has 0 aliphatic carbocycles. The van der Waals surface area contributed by atoms with Crippen molar-refractivity contribution in [2.75, 3.05) is 33.3 Å². The summed E-state index contributed by atoms with van der Waals surface area (Å²) < 4.78 is 5.62. The first-order valence-electron chi connectivity index (χ1n) is 8.47. The Kier molecular flexibility index (Phi) is 7.37. The minimum absolute atomic E-state index is 0.0250. The fraction of sp³-hybridized carbons (Fsp3) is 0.556. The predicted molar refractivity (Wildman–Crippen MR) is 94.2 cm³/mol. The van der Waals surface area contributed by atoms with Gasteiger partial charge in [-0.25, -0.2) is 0 Å². The first kappa shape index (κ1) is 18.6. The number of nitrogens with zero attached hydrogens (tertiary/aromatic N) is 2. The highest BCUT2D eigenvalue weighted by Gasteiger charge is 2.20. The van der Waals surface area contributed by atoms with Crippen molar-refractivity contribution in [1.82, 2.24) is 9.80 Å². The molecular weight excluding hydrogens is 328 g/mol. The van der Waals surface area contributed by atoms with E-state index in [1.807, 2.05) is 18.2 Å². The van der Waals surface area contributed by atoms with Crippen molar-refractivity contribution in [3.8, 4) is 5.75 Å². The zero-order valence-electron chi connectivity index (χ0n) is 14.2. The van der Waals surface area contributed by atoms with Crippen molar-refractivity contribution in [2.24, 2.45) is 0 Å². The quantitative estimate of drug-likeness (QED) is 0.709. The molecule has 2 rings (SSSR count). The van der Waals surface area contributed by atoms with Gasteiger partial charge in [-0.1, -0.05) is 30.2 Å². The minimum Gasteiger partial charge on any atom is -0.492 e. The Morgan fingerprint density at radius 2 is 2.08 bits per heavy atom. The molecule has 0 saturated carbocycles. The topological polar surface area (TPSA) is 49.9 Å². The molecule has 6 heteroatoms. The van der Waals surface area contributed by atoms with Gasteiger partial charge in [-0.2, -0.15) is 0 Å². The summed E-state index contributed by atoms with van der Waals surface area (Å²) in [6.07, 6.45) is 4.24. The van der Waals surface area contributed by atoms with E-state index < -0.39 is 0 Å². The van der Waals surface area contributed by atoms with Gasteiger partial charge in [0, 0.05) is 26.6 Å². The molecule has 5 nitrogen and oxygen atoms in total. The maximum Gasteiger partial charge on any atom is 0.241 e. The van der Waals surface area contributed by atoms with E-state index >= 15 is 0 Å². The van der Waals surface area contributed by atoms with Crippen LogP contribution in [0.25, 0.3) is 0 Å². The first-order chi connectivity index (χ1) is 11.6. The van der Waals surface area contributed by atoms with E-state index in [9.17, 15) is 9.59 Å². The van der Waals surface area contributed by atoms with Gasteiger partial charge in [0.2, 0.25) is 11.8 Å². The Balaban J connectivity index is 1.69. The van der Waals surface area contributed by atoms with Crippen molar-refractivity contribution in [1.29, 1.82) is 0 Å². The Hall–Kier alpha value is -1.75. The lowest BCUT2D eigenvalue weighted by molar-refractivity contribution is -0.139. The number of rotatable bonds is 7. The average molecular weight is 353 g/mol. The van der Waals surface area contributed by atoms with Crippen LogP contribution in [0.1, 0.15) is 32.1 Å². The summed E-state index contributed by atoms with van der Waals surface area (Å²) in [6, 6.07) is 7.33. The van der Waals surface area contributed by atoms with Crippen molar-refractivity contribution in [3.05, 3.63) is 29.3 Å². The molecule has 0 atom stereocenters. The van der Waals surface area contributed by atoms with Gasteiger partial charge in [0.1, 0.15) is 5.75 Å². The third-order valence-corrected chi connectivity index (χ3v) is 4.47. The first-order valence-corrected chi connectivity index (χ1v) is 8.85. The highest BCUT2D eigenvalue weighted by Crippen LogP contribution is 2.23. The van der Waals surface area contributed by atoms with Crippen LogP contribution in [0.3, 0.4) is 0 Å². The fourth-order valence-corrected chi connectivity index (χ4v) is 2.85. The van der Waals surface area contributed by atoms with E-state index in [2.05, 4.69) is 0 Å². The van der Waals surface area contributed by atoms with Gasteiger partial charge in [-0.05, 0) is 31.4 Å². The van der Waals surface area contributed by atoms with Gasteiger partial charge in [0.25, 0.3) is 0 Å². The van der Waals surface area contributed by atoms with Gasteiger partial charge in [-0.15, -0.1) is 0 Å². The zero-order chi connectivity index (χ0) is 17.4. The summed E-state index contributed by atoms with van der Waals surface area (Å²) in [5.41, 5.74) is 0. The lowest BCUT2D eigenvalue weighted by Crippen LogP contribution is -2.41. The molecule has 1 aliphatic heterocycles. The summed E-state index contributed by atoms with van der Waals surface area (Å²) in [5, 5.41) is 0.585. The molecule has 0 radical (unpaired) electrons. The molecule has 0 spiro atoms. The number of hydrogen-bond acceptors (Lipinski definition) is 3. The smallest absolute Gasteiger partial charge is 0.241 e. The Labute approximate surface area is 148 Å². The normalized spacial score (nSPS) is 15.1. The molecule has 24 heavy (non-hydrogen) atoms. The number of carbonyl (C=O) groups is 2. The van der Waals surface area contributed by atoms with Gasteiger partial charge in [-0.3, -0.25) is 9.59 Å². The number of likely N-dealkylation sites (N-methyl/N-ethyl adjacent to an activating group) is 1. The van der Waals surface area contributed by atoms with Crippen molar-refractivity contribution in [2.45, 2.75) is 32.1 Å². The summed E-state index contributed by atoms with van der Waals surface area (Å²) in [7, 11) is 1.76. The molecule has 0 N–H and O–H groups in total. The summed E-state index contributed by atoms with van der Waals surface area (Å²) >= 11 is 6.02. The number of amides is 2. The molecule has 0 aromatic heterocycles. The van der Waals surface area contributed by atoms with E-state index in [-0.39, 0.29) is 18.4 Å². The van der Waals surface area contributed by atoms with Crippen LogP contribution in [0.4, 0.5) is 0 Å². The van der Waals surface area contributed by atoms with Crippen LogP contribution in [0.15, 0.2) is 24.3 Å². The Morgan fingerprint density at radius 1 is 1.29 bits per heavy atom. The highest BCUT2D eigenvalue weighted by molar-refractivity contribution is 6.32. The SMILES string of the molecule is CN(CCCOc1ccccc1Cl)C(=O)CN1CCCCCC1=O. The number of ether oxygens (including phenoxy) is 1. The number of likely N-dealkylation sites (tertiary alicyclic amines) is 1. The second-order valence-corrected chi connectivity index (χ2v) is 6.48. The number of hydrogen-bond donors (Lipinski definition) is 0. The van der Waals surface area contributed by atoms with Crippen molar-refractivity contribution >= 4 is 23.4 Å². The molecule has 1 aliphatic rings. The van der Waals surface area contributed by atoms with Crippen molar-refractivity contribution in [3.63, 3.8) is 0 Å². The van der Waals surface area contributed by atoms with Crippen LogP contribution in [0, 0.1) is 0 Å². The molecule has 132 valence electrons. The summed E-state index contributed by atoms with van der Waals surface area (Å²) in [4.78, 5) is 27.5. The number of halogens is 1. The van der Waals surface area contributed by atoms with E-state index in [1.165, 1.54) is 0 Å². The van der Waals surface area contributed by atoms with Crippen LogP contribution in [0.5, 0.6) is 5.75 Å². The molecule has 2 amide bonds. The fourth-order valence-electron chi connectivity index (χ4n) is 2.66. The molecule has 1 fully saturated rings. The van der Waals surface area contributed by atoms with Crippen LogP contribution in [0.2, 0.25) is 5.02 Å². The predicted octanol–water partition coefficient (Wildman–Crippen LogP) is 2.97. The molecule has 0 bridgehead atoms. The van der Waals surface area contributed by atoms with Gasteiger partial charge >= 0.3 is 0 Å². The van der Waals surface area contributed by atoms with E-state index in [0.717, 1.165) is 19.3 Å². The Bertz CT molecular complexity index is 565. The summed E-state index contributed by atoms with van der Waals surface area (Å²) in [5.74, 6) is 0.725. The molecule has 1 saturated heterocycles. The monoisotopic (exact) mass is 352 g/mol. The van der Waals surface area contributed by atoms with Crippen molar-refractivity contribution < 1.29 is 14.3 Å². The third kappa shape index (κ3) is 5.71. The molecule has 1 aromatic rings. The van der Waals surface area contributed by atoms with Crippen LogP contribution in [-0.2, 0) is 9.59 Å². The van der Waals surface area contributed by atoms with Gasteiger partial charge in [0.15, 0.2) is 0 Å². The third-order valence-electron chi connectivity index (χ3n) is 4.16. The molecule has 1 heterocycles. The standard InChI is InChI=1S/C18H25ClN2O3/c1-20(11-7-13-24-16-9-5-4-8-15(16)19)18(23)14-21-12-6-2-3-10-17(21)22/h4-5,8-9H,2-3,6-7,10-14H2,1H3. The summed E-state index contributed by atoms with van der Waals surface area (Å²) in [6.45, 7) is 1.95. The average Bonchev–Trinajstić information content (AvgIpc) is 2.77. The van der Waals surface area contributed by atoms with Crippen LogP contribution < -0.4 is 4.74 Å². The molecule has 0 unspecified atom stereocenters. The lowest BCUT2D eigenvalue weighted by Gasteiger charge is -2.24.